The van der Waals surface area contributed by atoms with E-state index in [1.54, 1.807) is 12.4 Å². The summed E-state index contributed by atoms with van der Waals surface area (Å²) in [5.41, 5.74) is 2.71. The van der Waals surface area contributed by atoms with Crippen LogP contribution in [0.2, 0.25) is 0 Å². The molecule has 11 heavy (non-hydrogen) atoms. The fourth-order valence-corrected chi connectivity index (χ4v) is 1.06. The topological polar surface area (TPSA) is 66.7 Å². The van der Waals surface area contributed by atoms with Crippen LogP contribution >= 0.6 is 0 Å². The van der Waals surface area contributed by atoms with Crippen LogP contribution < -0.4 is 11.3 Å². The first kappa shape index (κ1) is 8.23. The molecule has 0 bridgehead atoms. The van der Waals surface area contributed by atoms with Gasteiger partial charge >= 0.3 is 0 Å². The quantitative estimate of drug-likeness (QED) is 0.442. The Balaban J connectivity index is 2.56. The predicted molar refractivity (Wildman–Crippen MR) is 43.6 cm³/mol. The number of hydrogen-bond donors (Lipinski definition) is 3. The zero-order valence-electron chi connectivity index (χ0n) is 6.67. The van der Waals surface area contributed by atoms with E-state index in [9.17, 15) is 0 Å². The van der Waals surface area contributed by atoms with Gasteiger partial charge < -0.3 is 4.98 Å². The number of nitrogens with zero attached hydrogens (tertiary/aromatic N) is 1. The molecule has 0 aliphatic rings. The van der Waals surface area contributed by atoms with Crippen LogP contribution in [0.1, 0.15) is 31.6 Å². The van der Waals surface area contributed by atoms with Gasteiger partial charge in [-0.05, 0) is 6.42 Å². The van der Waals surface area contributed by atoms with E-state index in [1.807, 2.05) is 0 Å². The average molecular weight is 154 g/mol. The van der Waals surface area contributed by atoms with Gasteiger partial charge in [0, 0.05) is 12.4 Å². The van der Waals surface area contributed by atoms with Crippen LogP contribution in [-0.4, -0.2) is 9.97 Å². The number of imidazole rings is 1. The first-order chi connectivity index (χ1) is 5.38. The lowest BCUT2D eigenvalue weighted by molar-refractivity contribution is 0.489. The summed E-state index contributed by atoms with van der Waals surface area (Å²) in [7, 11) is 0. The highest BCUT2D eigenvalue weighted by molar-refractivity contribution is 4.94. The van der Waals surface area contributed by atoms with Gasteiger partial charge in [-0.2, -0.15) is 0 Å². The number of H-pyrrole nitrogens is 1. The van der Waals surface area contributed by atoms with Crippen molar-refractivity contribution >= 4 is 0 Å². The van der Waals surface area contributed by atoms with Gasteiger partial charge in [-0.3, -0.25) is 5.84 Å². The third-order valence-corrected chi connectivity index (χ3v) is 1.63. The van der Waals surface area contributed by atoms with Crippen molar-refractivity contribution in [2.75, 3.05) is 0 Å². The summed E-state index contributed by atoms with van der Waals surface area (Å²) in [6.45, 7) is 2.12. The van der Waals surface area contributed by atoms with Gasteiger partial charge in [0.1, 0.15) is 5.82 Å². The number of hydrogen-bond acceptors (Lipinski definition) is 3. The Kier molecular flexibility index (Phi) is 3.07. The van der Waals surface area contributed by atoms with Gasteiger partial charge in [0.2, 0.25) is 0 Å². The van der Waals surface area contributed by atoms with E-state index in [2.05, 4.69) is 22.3 Å². The number of nitrogens with two attached hydrogens (primary N) is 1. The molecule has 1 unspecified atom stereocenters. The van der Waals surface area contributed by atoms with Gasteiger partial charge in [-0.25, -0.2) is 10.4 Å². The summed E-state index contributed by atoms with van der Waals surface area (Å²) < 4.78 is 0. The lowest BCUT2D eigenvalue weighted by Crippen LogP contribution is -2.28. The van der Waals surface area contributed by atoms with Crippen molar-refractivity contribution in [1.29, 1.82) is 0 Å². The first-order valence-electron chi connectivity index (χ1n) is 3.84. The van der Waals surface area contributed by atoms with Crippen LogP contribution in [0.15, 0.2) is 12.4 Å². The highest BCUT2D eigenvalue weighted by atomic mass is 15.2. The van der Waals surface area contributed by atoms with Gasteiger partial charge in [-0.1, -0.05) is 13.3 Å². The number of rotatable bonds is 4. The fourth-order valence-electron chi connectivity index (χ4n) is 1.06. The van der Waals surface area contributed by atoms with E-state index in [1.165, 1.54) is 0 Å². The number of aromatic nitrogens is 2. The van der Waals surface area contributed by atoms with E-state index in [0.717, 1.165) is 18.7 Å². The van der Waals surface area contributed by atoms with Crippen LogP contribution in [0.25, 0.3) is 0 Å². The maximum Gasteiger partial charge on any atom is 0.124 e. The van der Waals surface area contributed by atoms with Crippen molar-refractivity contribution in [1.82, 2.24) is 15.4 Å². The third kappa shape index (κ3) is 2.03. The standard InChI is InChI=1S/C7H14N4/c1-2-3-6(11-8)7-9-4-5-10-7/h4-6,11H,2-3,8H2,1H3,(H,9,10). The maximum atomic E-state index is 5.34. The minimum atomic E-state index is 0.162. The van der Waals surface area contributed by atoms with Gasteiger partial charge in [0.15, 0.2) is 0 Å². The Morgan fingerprint density at radius 3 is 3.09 bits per heavy atom. The summed E-state index contributed by atoms with van der Waals surface area (Å²) in [5, 5.41) is 0. The van der Waals surface area contributed by atoms with Crippen molar-refractivity contribution in [2.24, 2.45) is 5.84 Å². The summed E-state index contributed by atoms with van der Waals surface area (Å²) in [6.07, 6.45) is 5.63. The molecule has 1 heterocycles. The van der Waals surface area contributed by atoms with Gasteiger partial charge in [0.05, 0.1) is 6.04 Å². The second kappa shape index (κ2) is 4.10. The molecule has 1 aromatic heterocycles. The highest BCUT2D eigenvalue weighted by Crippen LogP contribution is 2.11. The van der Waals surface area contributed by atoms with Crippen LogP contribution in [0.5, 0.6) is 0 Å². The zero-order chi connectivity index (χ0) is 8.10. The lowest BCUT2D eigenvalue weighted by Gasteiger charge is -2.10. The van der Waals surface area contributed by atoms with E-state index in [4.69, 9.17) is 5.84 Å². The van der Waals surface area contributed by atoms with Crippen LogP contribution in [0.4, 0.5) is 0 Å². The summed E-state index contributed by atoms with van der Waals surface area (Å²) in [4.78, 5) is 7.13. The van der Waals surface area contributed by atoms with Crippen molar-refractivity contribution in [3.63, 3.8) is 0 Å². The average Bonchev–Trinajstić information content (AvgIpc) is 2.52. The second-order valence-corrected chi connectivity index (χ2v) is 2.48. The SMILES string of the molecule is CCCC(NN)c1ncc[nH]1. The normalized spacial score (nSPS) is 13.3. The zero-order valence-corrected chi connectivity index (χ0v) is 6.67. The highest BCUT2D eigenvalue weighted by Gasteiger charge is 2.09. The Morgan fingerprint density at radius 1 is 1.82 bits per heavy atom. The molecule has 0 spiro atoms. The van der Waals surface area contributed by atoms with Crippen LogP contribution in [0, 0.1) is 0 Å². The fraction of sp³-hybridized carbons (Fsp3) is 0.571. The second-order valence-electron chi connectivity index (χ2n) is 2.48. The first-order valence-corrected chi connectivity index (χ1v) is 3.84. The molecule has 0 radical (unpaired) electrons. The number of hydrazine groups is 1. The summed E-state index contributed by atoms with van der Waals surface area (Å²) in [6, 6.07) is 0.162. The van der Waals surface area contributed by atoms with E-state index in [-0.39, 0.29) is 6.04 Å². The Morgan fingerprint density at radius 2 is 2.64 bits per heavy atom. The van der Waals surface area contributed by atoms with E-state index < -0.39 is 0 Å². The largest absolute Gasteiger partial charge is 0.347 e. The summed E-state index contributed by atoms with van der Waals surface area (Å²) >= 11 is 0. The predicted octanol–water partition coefficient (Wildman–Crippen LogP) is 0.714. The molecule has 1 atom stereocenters. The minimum absolute atomic E-state index is 0.162. The molecule has 1 aromatic rings. The molecule has 0 aliphatic carbocycles. The lowest BCUT2D eigenvalue weighted by atomic mass is 10.2. The molecule has 0 saturated heterocycles. The Hall–Kier alpha value is -0.870. The van der Waals surface area contributed by atoms with Crippen molar-refractivity contribution < 1.29 is 0 Å². The molecular weight excluding hydrogens is 140 g/mol. The molecular formula is C7H14N4. The molecule has 0 saturated carbocycles. The van der Waals surface area contributed by atoms with Crippen molar-refractivity contribution in [3.05, 3.63) is 18.2 Å². The van der Waals surface area contributed by atoms with Crippen molar-refractivity contribution in [2.45, 2.75) is 25.8 Å². The molecule has 1 rings (SSSR count). The molecule has 4 nitrogen and oxygen atoms in total. The third-order valence-electron chi connectivity index (χ3n) is 1.63. The monoisotopic (exact) mass is 154 g/mol. The Bertz CT molecular complexity index is 182. The molecule has 0 fully saturated rings. The molecule has 0 amide bonds. The molecule has 0 aromatic carbocycles. The maximum absolute atomic E-state index is 5.34. The van der Waals surface area contributed by atoms with Crippen LogP contribution in [0.3, 0.4) is 0 Å². The molecule has 4 N–H and O–H groups in total. The number of aromatic amines is 1. The van der Waals surface area contributed by atoms with Gasteiger partial charge in [-0.15, -0.1) is 0 Å². The van der Waals surface area contributed by atoms with Crippen molar-refractivity contribution in [3.8, 4) is 0 Å². The summed E-state index contributed by atoms with van der Waals surface area (Å²) in [5.74, 6) is 6.25. The minimum Gasteiger partial charge on any atom is -0.347 e. The smallest absolute Gasteiger partial charge is 0.124 e. The molecule has 4 heteroatoms. The van der Waals surface area contributed by atoms with Gasteiger partial charge in [0.25, 0.3) is 0 Å². The van der Waals surface area contributed by atoms with Crippen LogP contribution in [-0.2, 0) is 0 Å². The number of nitrogens with one attached hydrogen (secondary N) is 2. The molecule has 62 valence electrons. The van der Waals surface area contributed by atoms with E-state index >= 15 is 0 Å². The molecule has 0 aliphatic heterocycles. The van der Waals surface area contributed by atoms with E-state index in [0.29, 0.717) is 0 Å². The Labute approximate surface area is 66.2 Å².